The molecule has 90 valence electrons. The molecule has 3 nitrogen and oxygen atoms in total. The van der Waals surface area contributed by atoms with Crippen LogP contribution in [-0.4, -0.2) is 18.1 Å². The van der Waals surface area contributed by atoms with Crippen LogP contribution in [0.1, 0.15) is 18.4 Å². The van der Waals surface area contributed by atoms with Gasteiger partial charge in [-0.25, -0.2) is 4.98 Å². The molecule has 17 heavy (non-hydrogen) atoms. The monoisotopic (exact) mass is 230 g/mol. The molecule has 3 atom stereocenters. The Morgan fingerprint density at radius 3 is 3.29 bits per heavy atom. The van der Waals surface area contributed by atoms with Crippen LogP contribution >= 0.6 is 0 Å². The van der Waals surface area contributed by atoms with Crippen LogP contribution < -0.4 is 10.1 Å². The van der Waals surface area contributed by atoms with Crippen LogP contribution in [0.5, 0.6) is 5.88 Å². The van der Waals surface area contributed by atoms with Gasteiger partial charge in [0.05, 0.1) is 7.11 Å². The van der Waals surface area contributed by atoms with Crippen molar-refractivity contribution in [3.8, 4) is 5.88 Å². The molecule has 1 saturated carbocycles. The third kappa shape index (κ3) is 1.95. The number of ether oxygens (including phenoxy) is 1. The first-order valence-electron chi connectivity index (χ1n) is 6.26. The molecule has 1 aromatic heterocycles. The number of hydrogen-bond acceptors (Lipinski definition) is 3. The lowest BCUT2D eigenvalue weighted by molar-refractivity contribution is 0.161. The highest BCUT2D eigenvalue weighted by Gasteiger charge is 2.40. The van der Waals surface area contributed by atoms with E-state index in [0.29, 0.717) is 6.04 Å². The second kappa shape index (κ2) is 4.49. The summed E-state index contributed by atoms with van der Waals surface area (Å²) >= 11 is 0. The van der Waals surface area contributed by atoms with E-state index in [-0.39, 0.29) is 0 Å². The summed E-state index contributed by atoms with van der Waals surface area (Å²) in [6, 6.07) is 4.67. The molecule has 3 heteroatoms. The van der Waals surface area contributed by atoms with Gasteiger partial charge in [-0.05, 0) is 30.7 Å². The van der Waals surface area contributed by atoms with Crippen molar-refractivity contribution in [3.05, 3.63) is 36.0 Å². The fourth-order valence-electron chi connectivity index (χ4n) is 2.93. The standard InChI is InChI=1S/C14H18N2O/c1-17-14-11(5-3-7-15-14)9-16-13-8-10-4-2-6-12(10)13/h2-3,5-7,10,12-13,16H,4,8-9H2,1H3. The zero-order valence-corrected chi connectivity index (χ0v) is 10.1. The van der Waals surface area contributed by atoms with Gasteiger partial charge in [-0.15, -0.1) is 0 Å². The smallest absolute Gasteiger partial charge is 0.217 e. The third-order valence-corrected chi connectivity index (χ3v) is 3.96. The van der Waals surface area contributed by atoms with Gasteiger partial charge in [0.25, 0.3) is 0 Å². The Kier molecular flexibility index (Phi) is 2.85. The van der Waals surface area contributed by atoms with Gasteiger partial charge in [-0.3, -0.25) is 0 Å². The van der Waals surface area contributed by atoms with E-state index >= 15 is 0 Å². The van der Waals surface area contributed by atoms with Crippen molar-refractivity contribution in [1.29, 1.82) is 0 Å². The summed E-state index contributed by atoms with van der Waals surface area (Å²) in [4.78, 5) is 4.21. The maximum atomic E-state index is 5.25. The Balaban J connectivity index is 1.59. The predicted molar refractivity (Wildman–Crippen MR) is 66.8 cm³/mol. The first-order chi connectivity index (χ1) is 8.38. The van der Waals surface area contributed by atoms with Gasteiger partial charge < -0.3 is 10.1 Å². The highest BCUT2D eigenvalue weighted by atomic mass is 16.5. The normalized spacial score (nSPS) is 29.8. The van der Waals surface area contributed by atoms with Crippen molar-refractivity contribution >= 4 is 0 Å². The fraction of sp³-hybridized carbons (Fsp3) is 0.500. The molecule has 0 saturated heterocycles. The number of nitrogens with zero attached hydrogens (tertiary/aromatic N) is 1. The lowest BCUT2D eigenvalue weighted by Gasteiger charge is -2.40. The summed E-state index contributed by atoms with van der Waals surface area (Å²) in [7, 11) is 1.67. The molecule has 0 bridgehead atoms. The van der Waals surface area contributed by atoms with Crippen molar-refractivity contribution in [1.82, 2.24) is 10.3 Å². The van der Waals surface area contributed by atoms with E-state index in [0.717, 1.165) is 29.8 Å². The molecule has 0 aromatic carbocycles. The van der Waals surface area contributed by atoms with Crippen LogP contribution in [0.25, 0.3) is 0 Å². The third-order valence-electron chi connectivity index (χ3n) is 3.96. The molecule has 0 spiro atoms. The van der Waals surface area contributed by atoms with Gasteiger partial charge >= 0.3 is 0 Å². The zero-order chi connectivity index (χ0) is 11.7. The molecule has 2 aliphatic carbocycles. The summed E-state index contributed by atoms with van der Waals surface area (Å²) in [5.74, 6) is 2.40. The van der Waals surface area contributed by atoms with Crippen molar-refractivity contribution < 1.29 is 4.74 Å². The van der Waals surface area contributed by atoms with Crippen LogP contribution in [0, 0.1) is 11.8 Å². The molecule has 0 radical (unpaired) electrons. The number of allylic oxidation sites excluding steroid dienone is 1. The number of hydrogen-bond donors (Lipinski definition) is 1. The molecule has 2 aliphatic rings. The quantitative estimate of drug-likeness (QED) is 0.805. The molecule has 3 rings (SSSR count). The minimum absolute atomic E-state index is 0.642. The van der Waals surface area contributed by atoms with Crippen LogP contribution in [0.2, 0.25) is 0 Å². The first-order valence-corrected chi connectivity index (χ1v) is 6.26. The van der Waals surface area contributed by atoms with Crippen LogP contribution in [-0.2, 0) is 6.54 Å². The predicted octanol–water partition coefficient (Wildman–Crippen LogP) is 2.14. The number of rotatable bonds is 4. The minimum Gasteiger partial charge on any atom is -0.481 e. The Morgan fingerprint density at radius 1 is 1.53 bits per heavy atom. The zero-order valence-electron chi connectivity index (χ0n) is 10.1. The van der Waals surface area contributed by atoms with Crippen LogP contribution in [0.15, 0.2) is 30.5 Å². The topological polar surface area (TPSA) is 34.1 Å². The van der Waals surface area contributed by atoms with Gasteiger partial charge in [-0.1, -0.05) is 18.2 Å². The molecule has 1 N–H and O–H groups in total. The van der Waals surface area contributed by atoms with Crippen LogP contribution in [0.3, 0.4) is 0 Å². The molecule has 0 amide bonds. The Labute approximate surface area is 102 Å². The average Bonchev–Trinajstić information content (AvgIpc) is 2.72. The van der Waals surface area contributed by atoms with E-state index in [1.807, 2.05) is 6.07 Å². The highest BCUT2D eigenvalue weighted by Crippen LogP contribution is 2.42. The lowest BCUT2D eigenvalue weighted by Crippen LogP contribution is -2.47. The Hall–Kier alpha value is -1.35. The van der Waals surface area contributed by atoms with Gasteiger partial charge in [0.1, 0.15) is 0 Å². The minimum atomic E-state index is 0.642. The molecular formula is C14H18N2O. The molecular weight excluding hydrogens is 212 g/mol. The lowest BCUT2D eigenvalue weighted by atomic mass is 9.71. The summed E-state index contributed by atoms with van der Waals surface area (Å²) in [5, 5.41) is 3.61. The van der Waals surface area contributed by atoms with Crippen molar-refractivity contribution in [2.24, 2.45) is 11.8 Å². The molecule has 1 fully saturated rings. The van der Waals surface area contributed by atoms with E-state index < -0.39 is 0 Å². The van der Waals surface area contributed by atoms with Crippen molar-refractivity contribution in [2.45, 2.75) is 25.4 Å². The van der Waals surface area contributed by atoms with Crippen molar-refractivity contribution in [2.75, 3.05) is 7.11 Å². The summed E-state index contributed by atoms with van der Waals surface area (Å²) in [6.45, 7) is 0.846. The number of fused-ring (bicyclic) bond motifs is 1. The maximum absolute atomic E-state index is 5.25. The van der Waals surface area contributed by atoms with Crippen molar-refractivity contribution in [3.63, 3.8) is 0 Å². The summed E-state index contributed by atoms with van der Waals surface area (Å²) < 4.78 is 5.25. The maximum Gasteiger partial charge on any atom is 0.217 e. The van der Waals surface area contributed by atoms with Gasteiger partial charge in [-0.2, -0.15) is 0 Å². The number of pyridine rings is 1. The van der Waals surface area contributed by atoms with E-state index in [2.05, 4.69) is 28.5 Å². The van der Waals surface area contributed by atoms with Gasteiger partial charge in [0.2, 0.25) is 5.88 Å². The van der Waals surface area contributed by atoms with Gasteiger partial charge in [0, 0.05) is 24.3 Å². The number of methoxy groups -OCH3 is 1. The van der Waals surface area contributed by atoms with Gasteiger partial charge in [0.15, 0.2) is 0 Å². The summed E-state index contributed by atoms with van der Waals surface area (Å²) in [5.41, 5.74) is 1.14. The highest BCUT2D eigenvalue weighted by molar-refractivity contribution is 5.25. The number of aromatic nitrogens is 1. The molecule has 1 heterocycles. The van der Waals surface area contributed by atoms with E-state index in [9.17, 15) is 0 Å². The molecule has 3 unspecified atom stereocenters. The second-order valence-corrected chi connectivity index (χ2v) is 4.90. The van der Waals surface area contributed by atoms with Crippen LogP contribution in [0.4, 0.5) is 0 Å². The average molecular weight is 230 g/mol. The molecule has 1 aromatic rings. The van der Waals surface area contributed by atoms with E-state index in [4.69, 9.17) is 4.74 Å². The Bertz CT molecular complexity index is 430. The second-order valence-electron chi connectivity index (χ2n) is 4.90. The fourth-order valence-corrected chi connectivity index (χ4v) is 2.93. The molecule has 0 aliphatic heterocycles. The van der Waals surface area contributed by atoms with E-state index in [1.54, 1.807) is 13.3 Å². The summed E-state index contributed by atoms with van der Waals surface area (Å²) in [6.07, 6.45) is 9.04. The Morgan fingerprint density at radius 2 is 2.47 bits per heavy atom. The van der Waals surface area contributed by atoms with E-state index in [1.165, 1.54) is 12.8 Å². The largest absolute Gasteiger partial charge is 0.481 e. The first kappa shape index (κ1) is 10.8. The number of nitrogens with one attached hydrogen (secondary N) is 1. The SMILES string of the molecule is COc1ncccc1CNC1CC2CC=CC21.